The zero-order valence-corrected chi connectivity index (χ0v) is 33.5. The fraction of sp³-hybridized carbons (Fsp3) is 0.524. The second-order valence-electron chi connectivity index (χ2n) is 11.9. The number of amides is 3. The molecule has 11 heteroatoms. The number of nitrogens with one attached hydrogen (secondary N) is 3. The lowest BCUT2D eigenvalue weighted by Gasteiger charge is -2.34. The number of halogens is 2. The van der Waals surface area contributed by atoms with Gasteiger partial charge in [-0.25, -0.2) is 8.78 Å². The molecule has 0 saturated carbocycles. The second-order valence-corrected chi connectivity index (χ2v) is 11.9. The van der Waals surface area contributed by atoms with E-state index in [1.165, 1.54) is 43.7 Å². The first-order valence-electron chi connectivity index (χ1n) is 19.0. The first-order valence-corrected chi connectivity index (χ1v) is 19.0. The highest BCUT2D eigenvalue weighted by atomic mass is 19.1. The van der Waals surface area contributed by atoms with Crippen LogP contribution in [0.5, 0.6) is 5.75 Å². The van der Waals surface area contributed by atoms with E-state index in [1.807, 2.05) is 32.0 Å². The van der Waals surface area contributed by atoms with Crippen LogP contribution in [0.3, 0.4) is 0 Å². The Morgan fingerprint density at radius 2 is 1.53 bits per heavy atom. The van der Waals surface area contributed by atoms with Crippen molar-refractivity contribution in [3.63, 3.8) is 0 Å². The summed E-state index contributed by atoms with van der Waals surface area (Å²) >= 11 is 0. The molecule has 1 atom stereocenters. The van der Waals surface area contributed by atoms with Gasteiger partial charge in [-0.3, -0.25) is 19.4 Å². The molecule has 2 heterocycles. The van der Waals surface area contributed by atoms with Gasteiger partial charge >= 0.3 is 0 Å². The molecule has 1 aromatic heterocycles. The van der Waals surface area contributed by atoms with Crippen molar-refractivity contribution in [2.24, 2.45) is 0 Å². The van der Waals surface area contributed by atoms with Crippen LogP contribution in [0.2, 0.25) is 0 Å². The summed E-state index contributed by atoms with van der Waals surface area (Å²) in [5, 5.41) is 17.3. The summed E-state index contributed by atoms with van der Waals surface area (Å²) in [7, 11) is 1.60. The third kappa shape index (κ3) is 28.8. The lowest BCUT2D eigenvalue weighted by Crippen LogP contribution is -2.51. The monoisotopic (exact) mass is 744 g/mol. The van der Waals surface area contributed by atoms with Crippen molar-refractivity contribution in [1.29, 1.82) is 0 Å². The number of hydrogen-bond acceptors (Lipinski definition) is 6. The largest absolute Gasteiger partial charge is 0.506 e. The number of nitrogens with zero attached hydrogens (tertiary/aromatic N) is 2. The number of aryl methyl sites for hydroxylation is 2. The summed E-state index contributed by atoms with van der Waals surface area (Å²) in [6, 6.07) is 16.5. The number of likely N-dealkylation sites (tertiary alicyclic amines) is 1. The Morgan fingerprint density at radius 3 is 1.98 bits per heavy atom. The van der Waals surface area contributed by atoms with Gasteiger partial charge in [-0.15, -0.1) is 0 Å². The van der Waals surface area contributed by atoms with Crippen LogP contribution in [-0.2, 0) is 20.8 Å². The van der Waals surface area contributed by atoms with Crippen molar-refractivity contribution in [2.45, 2.75) is 112 Å². The second kappa shape index (κ2) is 34.7. The number of aromatic hydroxyl groups is 1. The molecule has 298 valence electrons. The predicted octanol–water partition coefficient (Wildman–Crippen LogP) is 8.15. The number of hydrogen-bond donors (Lipinski definition) is 4. The molecule has 1 fully saturated rings. The average molecular weight is 744 g/mol. The highest BCUT2D eigenvalue weighted by Gasteiger charge is 2.30. The van der Waals surface area contributed by atoms with Gasteiger partial charge < -0.3 is 26.0 Å². The Kier molecular flexibility index (Phi) is 33.2. The summed E-state index contributed by atoms with van der Waals surface area (Å²) in [5.41, 5.74) is 1.81. The van der Waals surface area contributed by atoms with Crippen LogP contribution in [0, 0.1) is 18.6 Å². The molecule has 9 nitrogen and oxygen atoms in total. The lowest BCUT2D eigenvalue weighted by atomic mass is 10.0. The van der Waals surface area contributed by atoms with Crippen LogP contribution in [0.15, 0.2) is 73.1 Å². The minimum atomic E-state index is -0.521. The topological polar surface area (TPSA) is 124 Å². The molecule has 0 aliphatic carbocycles. The molecule has 3 amide bonds. The molecule has 3 aromatic rings. The van der Waals surface area contributed by atoms with E-state index in [2.05, 4.69) is 53.8 Å². The number of rotatable bonds is 12. The molecular weight excluding hydrogens is 676 g/mol. The Morgan fingerprint density at radius 1 is 0.906 bits per heavy atom. The summed E-state index contributed by atoms with van der Waals surface area (Å²) in [6.07, 6.45) is 11.6. The smallest absolute Gasteiger partial charge is 0.242 e. The molecule has 0 spiro atoms. The maximum absolute atomic E-state index is 12.8. The first kappa shape index (κ1) is 50.7. The lowest BCUT2D eigenvalue weighted by molar-refractivity contribution is -0.142. The van der Waals surface area contributed by atoms with Crippen LogP contribution < -0.4 is 16.0 Å². The number of aromatic nitrogens is 1. The van der Waals surface area contributed by atoms with Crippen molar-refractivity contribution in [1.82, 2.24) is 25.8 Å². The van der Waals surface area contributed by atoms with Gasteiger partial charge in [0.05, 0.1) is 6.20 Å². The van der Waals surface area contributed by atoms with E-state index in [1.54, 1.807) is 37.2 Å². The van der Waals surface area contributed by atoms with Crippen LogP contribution in [-0.4, -0.2) is 72.0 Å². The van der Waals surface area contributed by atoms with Gasteiger partial charge in [-0.1, -0.05) is 77.8 Å². The van der Waals surface area contributed by atoms with E-state index in [9.17, 15) is 23.2 Å². The Labute approximate surface area is 318 Å². The molecule has 1 aliphatic rings. The molecule has 4 N–H and O–H groups in total. The SMILES string of the molecule is CC.CCCC.CCCNCCCNC(=O)C(CCc1ccccc1)N1CCCCC1=O.CNC(C)=O.Cc1cc(F)cc(F)c1.Oc1cccnc1. The van der Waals surface area contributed by atoms with Crippen molar-refractivity contribution in [2.75, 3.05) is 33.2 Å². The van der Waals surface area contributed by atoms with E-state index in [-0.39, 0.29) is 29.5 Å². The van der Waals surface area contributed by atoms with Crippen LogP contribution in [0.4, 0.5) is 8.78 Å². The van der Waals surface area contributed by atoms with Gasteiger partial charge in [-0.2, -0.15) is 0 Å². The van der Waals surface area contributed by atoms with Crippen molar-refractivity contribution >= 4 is 17.7 Å². The third-order valence-electron chi connectivity index (χ3n) is 7.35. The van der Waals surface area contributed by atoms with Crippen molar-refractivity contribution in [3.05, 3.63) is 95.8 Å². The summed E-state index contributed by atoms with van der Waals surface area (Å²) < 4.78 is 24.4. The van der Waals surface area contributed by atoms with Gasteiger partial charge in [-0.05, 0) is 93.9 Å². The minimum absolute atomic E-state index is 0.00463. The van der Waals surface area contributed by atoms with Crippen LogP contribution in [0.1, 0.15) is 104 Å². The van der Waals surface area contributed by atoms with Gasteiger partial charge in [0, 0.05) is 45.7 Å². The summed E-state index contributed by atoms with van der Waals surface area (Å²) in [6.45, 7) is 16.9. The fourth-order valence-electron chi connectivity index (χ4n) is 4.42. The molecular formula is C42H67F2N5O4. The normalized spacial score (nSPS) is 11.8. The molecule has 0 radical (unpaired) electrons. The van der Waals surface area contributed by atoms with E-state index in [0.717, 1.165) is 51.3 Å². The number of carbonyl (C=O) groups is 3. The van der Waals surface area contributed by atoms with E-state index < -0.39 is 11.6 Å². The highest BCUT2D eigenvalue weighted by Crippen LogP contribution is 2.18. The van der Waals surface area contributed by atoms with Crippen LogP contribution >= 0.6 is 0 Å². The molecule has 0 bridgehead atoms. The fourth-order valence-corrected chi connectivity index (χ4v) is 4.42. The van der Waals surface area contributed by atoms with Gasteiger partial charge in [0.2, 0.25) is 17.7 Å². The van der Waals surface area contributed by atoms with Gasteiger partial charge in [0.25, 0.3) is 0 Å². The standard InChI is InChI=1S/C21H33N3O2.C7H6F2.C5H5NO.C4H10.C3H7NO.C2H6/c1-2-14-22-15-8-16-23-21(26)19(24-17-7-6-11-20(24)25)13-12-18-9-4-3-5-10-18;1-5-2-6(8)4-7(9)3-5;7-5-2-1-3-6-4-5;1-3-4-2;1-3(5)4-2;1-2/h3-5,9-10,19,22H,2,6-8,11-17H2,1H3,(H,23,26);2-4H,1H3;1-4,7H;3-4H2,1-2H3;1-2H3,(H,4,5);1-2H3. The summed E-state index contributed by atoms with van der Waals surface area (Å²) in [4.78, 5) is 40.2. The highest BCUT2D eigenvalue weighted by molar-refractivity contribution is 5.88. The maximum atomic E-state index is 12.8. The molecule has 1 saturated heterocycles. The zero-order chi connectivity index (χ0) is 40.3. The first-order chi connectivity index (χ1) is 25.5. The van der Waals surface area contributed by atoms with E-state index in [4.69, 9.17) is 5.11 Å². The van der Waals surface area contributed by atoms with E-state index >= 15 is 0 Å². The molecule has 1 aliphatic heterocycles. The minimum Gasteiger partial charge on any atom is -0.506 e. The zero-order valence-electron chi connectivity index (χ0n) is 33.5. The van der Waals surface area contributed by atoms with Crippen molar-refractivity contribution in [3.8, 4) is 5.75 Å². The Balaban J connectivity index is 0. The predicted molar refractivity (Wildman–Crippen MR) is 214 cm³/mol. The van der Waals surface area contributed by atoms with E-state index in [0.29, 0.717) is 31.5 Å². The molecule has 1 unspecified atom stereocenters. The molecule has 4 rings (SSSR count). The maximum Gasteiger partial charge on any atom is 0.242 e. The number of benzene rings is 2. The van der Waals surface area contributed by atoms with Gasteiger partial charge in [0.15, 0.2) is 0 Å². The van der Waals surface area contributed by atoms with Crippen molar-refractivity contribution < 1.29 is 28.3 Å². The van der Waals surface area contributed by atoms with Gasteiger partial charge in [0.1, 0.15) is 23.4 Å². The Bertz CT molecular complexity index is 1280. The average Bonchev–Trinajstić information content (AvgIpc) is 3.15. The quantitative estimate of drug-likeness (QED) is 0.139. The van der Waals surface area contributed by atoms with Crippen LogP contribution in [0.25, 0.3) is 0 Å². The summed E-state index contributed by atoms with van der Waals surface area (Å²) in [5.74, 6) is -0.715. The number of piperidine rings is 1. The number of pyridine rings is 1. The number of carbonyl (C=O) groups excluding carboxylic acids is 3. The number of unbranched alkanes of at least 4 members (excludes halogenated alkanes) is 1. The third-order valence-corrected chi connectivity index (χ3v) is 7.35. The molecule has 2 aromatic carbocycles. The molecule has 53 heavy (non-hydrogen) atoms. The Hall–Kier alpha value is -4.38.